The molecule has 3 aromatic carbocycles. The van der Waals surface area contributed by atoms with Gasteiger partial charge in [0.1, 0.15) is 30.0 Å². The lowest BCUT2D eigenvalue weighted by Crippen LogP contribution is -2.59. The van der Waals surface area contributed by atoms with Crippen LogP contribution in [0.4, 0.5) is 10.1 Å². The standard InChI is InChI=1S/C42H53ClFN11O6/c1-24(2)21-33(38(59)52-32(37(45)58)5-4-20-50-41(46)47)53-39(60)34(22-27-10-17-31(18-11-27)51-42(48)49)54-40(61)35(23-28-8-15-30(44)16-9-28)55(25(3)56)36(57)19-12-26-6-13-29(43)14-7-26/h6-19,24,32-35H,4-5,20-23H2,1-3H3,(H2,45,58)(H,52,59)(H,53,60)(H,54,61)(H4,46,47,50)(H4,48,49,51)/b19-12+. The van der Waals surface area contributed by atoms with Gasteiger partial charge in [-0.1, -0.05) is 61.8 Å². The molecule has 326 valence electrons. The number of imide groups is 1. The van der Waals surface area contributed by atoms with Crippen molar-refractivity contribution in [1.82, 2.24) is 20.9 Å². The third kappa shape index (κ3) is 16.8. The number of halogens is 2. The zero-order valence-corrected chi connectivity index (χ0v) is 34.9. The summed E-state index contributed by atoms with van der Waals surface area (Å²) in [4.78, 5) is 90.5. The van der Waals surface area contributed by atoms with Gasteiger partial charge in [-0.05, 0) is 84.3 Å². The van der Waals surface area contributed by atoms with Crippen LogP contribution in [-0.4, -0.2) is 83.0 Å². The number of primary amides is 1. The van der Waals surface area contributed by atoms with E-state index in [-0.39, 0.29) is 50.1 Å². The van der Waals surface area contributed by atoms with Gasteiger partial charge >= 0.3 is 0 Å². The lowest BCUT2D eigenvalue weighted by atomic mass is 9.99. The third-order valence-corrected chi connectivity index (χ3v) is 9.29. The molecule has 4 unspecified atom stereocenters. The van der Waals surface area contributed by atoms with E-state index in [2.05, 4.69) is 25.9 Å². The fraction of sp³-hybridized carbons (Fsp3) is 0.333. The highest BCUT2D eigenvalue weighted by Crippen LogP contribution is 2.18. The molecule has 61 heavy (non-hydrogen) atoms. The number of nitrogens with two attached hydrogens (primary N) is 5. The second kappa shape index (κ2) is 23.7. The molecule has 0 aliphatic carbocycles. The molecule has 19 heteroatoms. The molecule has 0 spiro atoms. The summed E-state index contributed by atoms with van der Waals surface area (Å²) in [6, 6.07) is 12.8. The van der Waals surface area contributed by atoms with Crippen LogP contribution >= 0.6 is 11.6 Å². The smallest absolute Gasteiger partial charge is 0.253 e. The summed E-state index contributed by atoms with van der Waals surface area (Å²) in [5.41, 5.74) is 29.3. The molecule has 0 saturated carbocycles. The van der Waals surface area contributed by atoms with Crippen molar-refractivity contribution in [2.75, 3.05) is 6.54 Å². The van der Waals surface area contributed by atoms with E-state index in [1.165, 1.54) is 30.3 Å². The molecule has 0 aliphatic rings. The number of guanidine groups is 2. The Labute approximate surface area is 358 Å². The lowest BCUT2D eigenvalue weighted by molar-refractivity contribution is -0.148. The first-order valence-corrected chi connectivity index (χ1v) is 19.7. The first-order chi connectivity index (χ1) is 28.8. The van der Waals surface area contributed by atoms with E-state index in [1.54, 1.807) is 48.5 Å². The number of rotatable bonds is 21. The van der Waals surface area contributed by atoms with Crippen LogP contribution in [0, 0.1) is 11.7 Å². The van der Waals surface area contributed by atoms with Crippen molar-refractivity contribution in [3.05, 3.63) is 106 Å². The molecule has 0 aliphatic heterocycles. The molecule has 0 radical (unpaired) electrons. The van der Waals surface area contributed by atoms with E-state index < -0.39 is 65.4 Å². The number of carbonyl (C=O) groups is 6. The average Bonchev–Trinajstić information content (AvgIpc) is 3.18. The Balaban J connectivity index is 2.03. The number of benzene rings is 3. The maximum atomic E-state index is 14.5. The molecular weight excluding hydrogens is 809 g/mol. The van der Waals surface area contributed by atoms with Crippen LogP contribution < -0.4 is 44.6 Å². The molecule has 6 amide bonds. The number of carbonyl (C=O) groups excluding carboxylic acids is 6. The van der Waals surface area contributed by atoms with Gasteiger partial charge in [-0.2, -0.15) is 0 Å². The van der Waals surface area contributed by atoms with Gasteiger partial charge in [-0.3, -0.25) is 38.7 Å². The van der Waals surface area contributed by atoms with E-state index >= 15 is 0 Å². The third-order valence-electron chi connectivity index (χ3n) is 9.03. The van der Waals surface area contributed by atoms with E-state index in [9.17, 15) is 33.2 Å². The predicted octanol–water partition coefficient (Wildman–Crippen LogP) is 1.67. The molecule has 4 atom stereocenters. The summed E-state index contributed by atoms with van der Waals surface area (Å²) >= 11 is 5.99. The molecule has 3 aromatic rings. The minimum atomic E-state index is -1.55. The molecule has 0 aromatic heterocycles. The molecule has 0 heterocycles. The van der Waals surface area contributed by atoms with Crippen molar-refractivity contribution < 1.29 is 33.2 Å². The fourth-order valence-electron chi connectivity index (χ4n) is 6.10. The SMILES string of the molecule is CC(=O)N(C(=O)/C=C/c1ccc(Cl)cc1)C(Cc1ccc(F)cc1)C(=O)NC(Cc1ccc(N=C(N)N)cc1)C(=O)NC(CC(C)C)C(=O)NC(CCCN=C(N)N)C(N)=O. The molecule has 0 saturated heterocycles. The Morgan fingerprint density at radius 1 is 0.738 bits per heavy atom. The number of aliphatic imine (C=N–C) groups is 2. The minimum absolute atomic E-state index is 0.102. The molecule has 13 N–H and O–H groups in total. The van der Waals surface area contributed by atoms with Crippen LogP contribution in [0.1, 0.15) is 56.7 Å². The Morgan fingerprint density at radius 2 is 1.30 bits per heavy atom. The zero-order chi connectivity index (χ0) is 45.2. The highest BCUT2D eigenvalue weighted by molar-refractivity contribution is 6.30. The number of amides is 6. The molecule has 17 nitrogen and oxygen atoms in total. The van der Waals surface area contributed by atoms with Crippen LogP contribution in [0.25, 0.3) is 6.08 Å². The Kier molecular flexibility index (Phi) is 18.9. The Morgan fingerprint density at radius 3 is 1.85 bits per heavy atom. The van der Waals surface area contributed by atoms with Gasteiger partial charge < -0.3 is 44.6 Å². The highest BCUT2D eigenvalue weighted by atomic mass is 35.5. The van der Waals surface area contributed by atoms with Gasteiger partial charge in [0.05, 0.1) is 5.69 Å². The number of nitrogens with one attached hydrogen (secondary N) is 3. The predicted molar refractivity (Wildman–Crippen MR) is 232 cm³/mol. The van der Waals surface area contributed by atoms with E-state index in [0.717, 1.165) is 17.9 Å². The summed E-state index contributed by atoms with van der Waals surface area (Å²) in [6.07, 6.45) is 2.67. The quantitative estimate of drug-likeness (QED) is 0.0332. The Hall–Kier alpha value is -6.82. The van der Waals surface area contributed by atoms with Crippen molar-refractivity contribution in [3.63, 3.8) is 0 Å². The maximum absolute atomic E-state index is 14.5. The topological polar surface area (TPSA) is 297 Å². The van der Waals surface area contributed by atoms with E-state index in [1.807, 2.05) is 13.8 Å². The maximum Gasteiger partial charge on any atom is 0.253 e. The van der Waals surface area contributed by atoms with Crippen LogP contribution in [-0.2, 0) is 41.6 Å². The van der Waals surface area contributed by atoms with Gasteiger partial charge in [0.2, 0.25) is 29.5 Å². The summed E-state index contributed by atoms with van der Waals surface area (Å²) in [5, 5.41) is 8.48. The molecular formula is C42H53ClFN11O6. The normalized spacial score (nSPS) is 13.0. The highest BCUT2D eigenvalue weighted by Gasteiger charge is 2.36. The van der Waals surface area contributed by atoms with E-state index in [0.29, 0.717) is 33.8 Å². The fourth-order valence-corrected chi connectivity index (χ4v) is 6.23. The summed E-state index contributed by atoms with van der Waals surface area (Å²) < 4.78 is 13.9. The van der Waals surface area contributed by atoms with Crippen LogP contribution in [0.2, 0.25) is 5.02 Å². The van der Waals surface area contributed by atoms with Crippen LogP contribution in [0.15, 0.2) is 88.9 Å². The lowest BCUT2D eigenvalue weighted by Gasteiger charge is -2.30. The van der Waals surface area contributed by atoms with Gasteiger partial charge in [-0.25, -0.2) is 9.38 Å². The number of nitrogens with zero attached hydrogens (tertiary/aromatic N) is 3. The molecule has 0 fully saturated rings. The van der Waals surface area contributed by atoms with Crippen LogP contribution in [0.3, 0.4) is 0 Å². The van der Waals surface area contributed by atoms with Crippen molar-refractivity contribution in [3.8, 4) is 0 Å². The first-order valence-electron chi connectivity index (χ1n) is 19.3. The number of hydrogen-bond acceptors (Lipinski definition) is 8. The zero-order valence-electron chi connectivity index (χ0n) is 34.1. The second-order valence-corrected chi connectivity index (χ2v) is 15.0. The molecule has 3 rings (SSSR count). The second-order valence-electron chi connectivity index (χ2n) is 14.5. The van der Waals surface area contributed by atoms with Crippen molar-refractivity contribution in [2.45, 2.75) is 77.0 Å². The summed E-state index contributed by atoms with van der Waals surface area (Å²) in [7, 11) is 0. The van der Waals surface area contributed by atoms with Gasteiger partial charge in [0.25, 0.3) is 5.91 Å². The van der Waals surface area contributed by atoms with Gasteiger partial charge in [-0.15, -0.1) is 0 Å². The van der Waals surface area contributed by atoms with Crippen LogP contribution in [0.5, 0.6) is 0 Å². The van der Waals surface area contributed by atoms with Gasteiger partial charge in [0, 0.05) is 37.4 Å². The van der Waals surface area contributed by atoms with Crippen molar-refractivity contribution in [1.29, 1.82) is 0 Å². The van der Waals surface area contributed by atoms with E-state index in [4.69, 9.17) is 40.3 Å². The summed E-state index contributed by atoms with van der Waals surface area (Å²) in [5.74, 6) is -5.91. The number of hydrogen-bond donors (Lipinski definition) is 8. The largest absolute Gasteiger partial charge is 0.370 e. The summed E-state index contributed by atoms with van der Waals surface area (Å²) in [6.45, 7) is 4.92. The van der Waals surface area contributed by atoms with Gasteiger partial charge in [0.15, 0.2) is 11.9 Å². The van der Waals surface area contributed by atoms with Crippen molar-refractivity contribution >= 4 is 70.7 Å². The first kappa shape index (κ1) is 48.5. The monoisotopic (exact) mass is 861 g/mol. The Bertz CT molecular complexity index is 2090. The average molecular weight is 862 g/mol. The molecule has 0 bridgehead atoms. The minimum Gasteiger partial charge on any atom is -0.370 e. The van der Waals surface area contributed by atoms with Crippen molar-refractivity contribution in [2.24, 2.45) is 44.6 Å².